The zero-order valence-electron chi connectivity index (χ0n) is 22.5. The molecule has 0 radical (unpaired) electrons. The predicted molar refractivity (Wildman–Crippen MR) is 141 cm³/mol. The van der Waals surface area contributed by atoms with E-state index in [1.165, 1.54) is 6.92 Å². The molecule has 0 aliphatic heterocycles. The zero-order valence-corrected chi connectivity index (χ0v) is 23.4. The molecule has 0 aromatic rings. The van der Waals surface area contributed by atoms with Gasteiger partial charge in [0.25, 0.3) is 0 Å². The average Bonchev–Trinajstić information content (AvgIpc) is 2.74. The molecule has 0 saturated heterocycles. The van der Waals surface area contributed by atoms with Crippen LogP contribution in [-0.4, -0.2) is 70.7 Å². The number of rotatable bonds is 16. The van der Waals surface area contributed by atoms with Crippen molar-refractivity contribution in [3.63, 3.8) is 0 Å². The lowest BCUT2D eigenvalue weighted by Crippen LogP contribution is -2.59. The average molecular weight is 532 g/mol. The monoisotopic (exact) mass is 531 g/mol. The third-order valence-electron chi connectivity index (χ3n) is 5.29. The van der Waals surface area contributed by atoms with Crippen molar-refractivity contribution in [3.8, 4) is 0 Å². The summed E-state index contributed by atoms with van der Waals surface area (Å²) in [5.74, 6) is -3.27. The smallest absolute Gasteiger partial charge is 0.325 e. The van der Waals surface area contributed by atoms with Crippen LogP contribution in [0.3, 0.4) is 0 Å². The number of hydrogen-bond donors (Lipinski definition) is 7. The van der Waals surface area contributed by atoms with Crippen LogP contribution in [0.15, 0.2) is 0 Å². The molecule has 12 heteroatoms. The Morgan fingerprint density at radius 1 is 0.639 bits per heavy atom. The normalized spacial score (nSPS) is 15.6. The van der Waals surface area contributed by atoms with Crippen molar-refractivity contribution < 1.29 is 29.1 Å². The van der Waals surface area contributed by atoms with Crippen molar-refractivity contribution >= 4 is 42.2 Å². The second kappa shape index (κ2) is 16.4. The first-order chi connectivity index (χ1) is 16.6. The van der Waals surface area contributed by atoms with Crippen LogP contribution in [0, 0.1) is 17.8 Å². The number of nitrogens with two attached hydrogens (primary N) is 1. The molecule has 36 heavy (non-hydrogen) atoms. The number of carbonyl (C=O) groups is 5. The van der Waals surface area contributed by atoms with Gasteiger partial charge in [-0.3, -0.25) is 24.0 Å². The Morgan fingerprint density at radius 2 is 1.00 bits per heavy atom. The van der Waals surface area contributed by atoms with E-state index in [1.807, 2.05) is 41.5 Å². The van der Waals surface area contributed by atoms with E-state index >= 15 is 0 Å². The number of amides is 4. The van der Waals surface area contributed by atoms with Gasteiger partial charge in [0.15, 0.2) is 0 Å². The fourth-order valence-electron chi connectivity index (χ4n) is 3.41. The molecule has 0 spiro atoms. The number of carboxylic acids is 1. The molecule has 5 atom stereocenters. The van der Waals surface area contributed by atoms with Gasteiger partial charge in [0.1, 0.15) is 24.2 Å². The third-order valence-corrected chi connectivity index (χ3v) is 5.65. The fraction of sp³-hybridized carbons (Fsp3) is 0.792. The van der Waals surface area contributed by atoms with Crippen LogP contribution in [0.1, 0.15) is 67.7 Å². The van der Waals surface area contributed by atoms with Crippen LogP contribution in [0.4, 0.5) is 0 Å². The van der Waals surface area contributed by atoms with Crippen molar-refractivity contribution in [1.29, 1.82) is 0 Å². The first-order valence-corrected chi connectivity index (χ1v) is 13.0. The number of carbonyl (C=O) groups excluding carboxylic acids is 4. The maximum atomic E-state index is 13.2. The van der Waals surface area contributed by atoms with Gasteiger partial charge in [-0.25, -0.2) is 0 Å². The molecule has 11 nitrogen and oxygen atoms in total. The van der Waals surface area contributed by atoms with Crippen LogP contribution in [0.25, 0.3) is 0 Å². The Kier molecular flexibility index (Phi) is 15.3. The Labute approximate surface area is 219 Å². The van der Waals surface area contributed by atoms with Crippen molar-refractivity contribution in [2.75, 3.05) is 5.75 Å². The van der Waals surface area contributed by atoms with Gasteiger partial charge in [-0.05, 0) is 43.9 Å². The summed E-state index contributed by atoms with van der Waals surface area (Å²) in [5.41, 5.74) is 5.97. The minimum Gasteiger partial charge on any atom is -0.480 e. The molecule has 0 rings (SSSR count). The molecule has 0 aromatic carbocycles. The molecule has 0 aliphatic rings. The summed E-state index contributed by atoms with van der Waals surface area (Å²) in [6, 6.07) is -4.89. The molecular formula is C24H45N5O6S. The van der Waals surface area contributed by atoms with Crippen LogP contribution in [0.2, 0.25) is 0 Å². The van der Waals surface area contributed by atoms with Crippen LogP contribution in [-0.2, 0) is 24.0 Å². The van der Waals surface area contributed by atoms with Gasteiger partial charge in [0.2, 0.25) is 23.6 Å². The van der Waals surface area contributed by atoms with Crippen molar-refractivity contribution in [2.24, 2.45) is 23.5 Å². The Hall–Kier alpha value is -2.34. The first kappa shape index (κ1) is 33.7. The van der Waals surface area contributed by atoms with E-state index in [1.54, 1.807) is 0 Å². The molecule has 0 aromatic heterocycles. The molecule has 0 saturated carbocycles. The standard InChI is InChI=1S/C24H45N5O6S/c1-12(2)8-16(25)20(30)27-17(9-13(3)4)21(31)28-18(10-14(5)6)22(32)29-19(11-36)23(33)26-15(7)24(34)35/h12-19,36H,8-11,25H2,1-7H3,(H,26,33)(H,27,30)(H,28,31)(H,29,32)(H,34,35)/t15-,16-,17-,18-,19-/m0/s1. The number of thiol groups is 1. The molecule has 7 N–H and O–H groups in total. The van der Waals surface area contributed by atoms with Gasteiger partial charge in [0, 0.05) is 5.75 Å². The summed E-state index contributed by atoms with van der Waals surface area (Å²) < 4.78 is 0. The van der Waals surface area contributed by atoms with E-state index in [0.29, 0.717) is 12.8 Å². The topological polar surface area (TPSA) is 180 Å². The number of carboxylic acid groups (broad SMARTS) is 1. The number of aliphatic carboxylic acids is 1. The zero-order chi connectivity index (χ0) is 28.2. The molecule has 0 heterocycles. The summed E-state index contributed by atoms with van der Waals surface area (Å²) in [7, 11) is 0. The summed E-state index contributed by atoms with van der Waals surface area (Å²) in [6.07, 6.45) is 1.09. The minimum atomic E-state index is -1.22. The van der Waals surface area contributed by atoms with Gasteiger partial charge in [0.05, 0.1) is 6.04 Å². The van der Waals surface area contributed by atoms with Crippen LogP contribution < -0.4 is 27.0 Å². The van der Waals surface area contributed by atoms with E-state index in [2.05, 4.69) is 33.9 Å². The van der Waals surface area contributed by atoms with Gasteiger partial charge in [-0.2, -0.15) is 12.6 Å². The van der Waals surface area contributed by atoms with E-state index in [4.69, 9.17) is 10.8 Å². The molecular weight excluding hydrogens is 486 g/mol. The molecule has 0 fully saturated rings. The maximum absolute atomic E-state index is 13.2. The SMILES string of the molecule is CC(C)C[C@H](NC(=O)[C@H](CC(C)C)NC(=O)[C@@H](N)CC(C)C)C(=O)N[C@@H](CS)C(=O)N[C@@H](C)C(=O)O. The predicted octanol–water partition coefficient (Wildman–Crippen LogP) is 0.426. The highest BCUT2D eigenvalue weighted by Gasteiger charge is 2.31. The molecule has 208 valence electrons. The maximum Gasteiger partial charge on any atom is 0.325 e. The molecule has 0 aliphatic carbocycles. The van der Waals surface area contributed by atoms with Gasteiger partial charge in [-0.1, -0.05) is 41.5 Å². The third kappa shape index (κ3) is 13.1. The summed E-state index contributed by atoms with van der Waals surface area (Å²) in [5, 5.41) is 19.3. The summed E-state index contributed by atoms with van der Waals surface area (Å²) in [6.45, 7) is 12.8. The number of hydrogen-bond acceptors (Lipinski definition) is 7. The summed E-state index contributed by atoms with van der Waals surface area (Å²) >= 11 is 4.09. The van der Waals surface area contributed by atoms with E-state index in [0.717, 1.165) is 0 Å². The first-order valence-electron chi connectivity index (χ1n) is 12.4. The van der Waals surface area contributed by atoms with Crippen molar-refractivity contribution in [1.82, 2.24) is 21.3 Å². The molecule has 0 bridgehead atoms. The van der Waals surface area contributed by atoms with Gasteiger partial charge in [-0.15, -0.1) is 0 Å². The fourth-order valence-corrected chi connectivity index (χ4v) is 3.67. The second-order valence-corrected chi connectivity index (χ2v) is 10.8. The quantitative estimate of drug-likeness (QED) is 0.141. The van der Waals surface area contributed by atoms with Gasteiger partial charge < -0.3 is 32.1 Å². The summed E-state index contributed by atoms with van der Waals surface area (Å²) in [4.78, 5) is 62.2. The van der Waals surface area contributed by atoms with Gasteiger partial charge >= 0.3 is 5.97 Å². The van der Waals surface area contributed by atoms with Crippen LogP contribution >= 0.6 is 12.6 Å². The Bertz CT molecular complexity index is 761. The highest BCUT2D eigenvalue weighted by Crippen LogP contribution is 2.10. The van der Waals surface area contributed by atoms with Crippen molar-refractivity contribution in [3.05, 3.63) is 0 Å². The second-order valence-electron chi connectivity index (χ2n) is 10.4. The Morgan fingerprint density at radius 3 is 1.36 bits per heavy atom. The van der Waals surface area contributed by atoms with E-state index in [-0.39, 0.29) is 29.9 Å². The highest BCUT2D eigenvalue weighted by molar-refractivity contribution is 7.80. The lowest BCUT2D eigenvalue weighted by Gasteiger charge is -2.27. The molecule has 0 unspecified atom stereocenters. The largest absolute Gasteiger partial charge is 0.480 e. The lowest BCUT2D eigenvalue weighted by atomic mass is 9.99. The van der Waals surface area contributed by atoms with E-state index in [9.17, 15) is 24.0 Å². The van der Waals surface area contributed by atoms with Crippen LogP contribution in [0.5, 0.6) is 0 Å². The molecule has 4 amide bonds. The van der Waals surface area contributed by atoms with E-state index < -0.39 is 59.8 Å². The van der Waals surface area contributed by atoms with Crippen molar-refractivity contribution in [2.45, 2.75) is 97.9 Å². The Balaban J connectivity index is 5.55. The number of nitrogens with one attached hydrogen (secondary N) is 4. The minimum absolute atomic E-state index is 0.0222. The lowest BCUT2D eigenvalue weighted by molar-refractivity contribution is -0.141. The highest BCUT2D eigenvalue weighted by atomic mass is 32.1.